The van der Waals surface area contributed by atoms with Gasteiger partial charge in [0.1, 0.15) is 0 Å². The Labute approximate surface area is 139 Å². The van der Waals surface area contributed by atoms with Gasteiger partial charge in [-0.25, -0.2) is 0 Å². The first-order valence-corrected chi connectivity index (χ1v) is 9.96. The summed E-state index contributed by atoms with van der Waals surface area (Å²) in [6.45, 7) is 5.12. The second-order valence-electron chi connectivity index (χ2n) is 6.57. The number of unbranched alkanes of at least 4 members (excludes halogenated alkanes) is 13. The molecule has 0 aromatic heterocycles. The van der Waals surface area contributed by atoms with Crippen LogP contribution in [0.15, 0.2) is 0 Å². The van der Waals surface area contributed by atoms with E-state index in [4.69, 9.17) is 4.74 Å². The van der Waals surface area contributed by atoms with Gasteiger partial charge >= 0.3 is 5.97 Å². The Bertz CT molecular complexity index is 204. The van der Waals surface area contributed by atoms with Crippen molar-refractivity contribution >= 4 is 5.97 Å². The van der Waals surface area contributed by atoms with Crippen LogP contribution < -0.4 is 0 Å². The van der Waals surface area contributed by atoms with Crippen LogP contribution in [0.25, 0.3) is 0 Å². The highest BCUT2D eigenvalue weighted by Crippen LogP contribution is 2.10. The van der Waals surface area contributed by atoms with Gasteiger partial charge in [0.15, 0.2) is 0 Å². The first-order chi connectivity index (χ1) is 10.8. The number of carbonyl (C=O) groups is 1. The smallest absolute Gasteiger partial charge is 0.305 e. The summed E-state index contributed by atoms with van der Waals surface area (Å²) in [7, 11) is 0. The Hall–Kier alpha value is -0.530. The van der Waals surface area contributed by atoms with Crippen molar-refractivity contribution in [2.45, 2.75) is 117 Å². The molecule has 0 bridgehead atoms. The molecule has 0 amide bonds. The number of rotatable bonds is 17. The lowest BCUT2D eigenvalue weighted by Gasteiger charge is -2.05. The molecule has 0 spiro atoms. The molecule has 0 saturated carbocycles. The molecule has 0 N–H and O–H groups in total. The van der Waals surface area contributed by atoms with Gasteiger partial charge in [-0.15, -0.1) is 0 Å². The molecule has 0 aliphatic rings. The molecule has 0 aliphatic heterocycles. The Morgan fingerprint density at radius 1 is 0.591 bits per heavy atom. The maximum absolute atomic E-state index is 11.6. The van der Waals surface area contributed by atoms with Gasteiger partial charge in [-0.05, 0) is 12.8 Å². The van der Waals surface area contributed by atoms with Crippen molar-refractivity contribution in [1.29, 1.82) is 0 Å². The molecule has 0 heterocycles. The van der Waals surface area contributed by atoms with Crippen LogP contribution in [0.1, 0.15) is 117 Å². The molecule has 0 fully saturated rings. The number of hydrogen-bond acceptors (Lipinski definition) is 2. The average molecular weight is 313 g/mol. The van der Waals surface area contributed by atoms with E-state index >= 15 is 0 Å². The lowest BCUT2D eigenvalue weighted by molar-refractivity contribution is -0.143. The summed E-state index contributed by atoms with van der Waals surface area (Å²) < 4.78 is 5.29. The molecule has 2 nitrogen and oxygen atoms in total. The Balaban J connectivity index is 3.13. The van der Waals surface area contributed by atoms with Crippen molar-refractivity contribution in [3.8, 4) is 0 Å². The van der Waals surface area contributed by atoms with E-state index in [1.807, 2.05) is 0 Å². The first kappa shape index (κ1) is 21.5. The van der Waals surface area contributed by atoms with E-state index in [-0.39, 0.29) is 5.97 Å². The van der Waals surface area contributed by atoms with Crippen molar-refractivity contribution in [1.82, 2.24) is 0 Å². The Morgan fingerprint density at radius 3 is 1.50 bits per heavy atom. The van der Waals surface area contributed by atoms with Gasteiger partial charge in [0, 0.05) is 6.42 Å². The largest absolute Gasteiger partial charge is 0.466 e. The number of ether oxygens (including phenoxy) is 1. The van der Waals surface area contributed by atoms with Crippen molar-refractivity contribution in [2.24, 2.45) is 0 Å². The summed E-state index contributed by atoms with van der Waals surface area (Å²) in [6.07, 6.45) is 19.7. The minimum Gasteiger partial charge on any atom is -0.466 e. The third-order valence-electron chi connectivity index (χ3n) is 4.25. The van der Waals surface area contributed by atoms with E-state index in [2.05, 4.69) is 13.8 Å². The summed E-state index contributed by atoms with van der Waals surface area (Å²) in [6, 6.07) is 0. The van der Waals surface area contributed by atoms with Gasteiger partial charge in [0.05, 0.1) is 6.61 Å². The fraction of sp³-hybridized carbons (Fsp3) is 0.950. The molecule has 0 atom stereocenters. The highest BCUT2D eigenvalue weighted by Gasteiger charge is 2.02. The predicted octanol–water partition coefficient (Wildman–Crippen LogP) is 6.81. The van der Waals surface area contributed by atoms with Gasteiger partial charge < -0.3 is 4.74 Å². The third-order valence-corrected chi connectivity index (χ3v) is 4.25. The SMILES string of the molecule is CCCCCCCCCCC(=O)OCCCCCCCCC. The minimum atomic E-state index is 0.0111. The third kappa shape index (κ3) is 17.5. The van der Waals surface area contributed by atoms with Crippen LogP contribution >= 0.6 is 0 Å². The van der Waals surface area contributed by atoms with Gasteiger partial charge in [0.25, 0.3) is 0 Å². The molecule has 0 rings (SSSR count). The van der Waals surface area contributed by atoms with Crippen molar-refractivity contribution in [2.75, 3.05) is 6.61 Å². The highest BCUT2D eigenvalue weighted by atomic mass is 16.5. The average Bonchev–Trinajstić information content (AvgIpc) is 2.52. The zero-order valence-corrected chi connectivity index (χ0v) is 15.3. The molecule has 2 heteroatoms. The summed E-state index contributed by atoms with van der Waals surface area (Å²) in [5.41, 5.74) is 0. The lowest BCUT2D eigenvalue weighted by Crippen LogP contribution is -2.05. The van der Waals surface area contributed by atoms with E-state index in [0.717, 1.165) is 12.8 Å². The topological polar surface area (TPSA) is 26.3 Å². The van der Waals surface area contributed by atoms with E-state index in [1.165, 1.54) is 83.5 Å². The number of hydrogen-bond donors (Lipinski definition) is 0. The quantitative estimate of drug-likeness (QED) is 0.218. The molecule has 0 aliphatic carbocycles. The fourth-order valence-electron chi connectivity index (χ4n) is 2.72. The second-order valence-corrected chi connectivity index (χ2v) is 6.57. The highest BCUT2D eigenvalue weighted by molar-refractivity contribution is 5.69. The Morgan fingerprint density at radius 2 is 1.00 bits per heavy atom. The maximum atomic E-state index is 11.6. The zero-order valence-electron chi connectivity index (χ0n) is 15.3. The van der Waals surface area contributed by atoms with Crippen LogP contribution in [0.5, 0.6) is 0 Å². The molecule has 0 unspecified atom stereocenters. The molecule has 0 aromatic rings. The summed E-state index contributed by atoms with van der Waals surface area (Å²) >= 11 is 0. The molecule has 0 aromatic carbocycles. The van der Waals surface area contributed by atoms with Crippen LogP contribution in [0, 0.1) is 0 Å². The van der Waals surface area contributed by atoms with Crippen molar-refractivity contribution in [3.63, 3.8) is 0 Å². The van der Waals surface area contributed by atoms with Crippen LogP contribution in [0.2, 0.25) is 0 Å². The summed E-state index contributed by atoms with van der Waals surface area (Å²) in [5, 5.41) is 0. The predicted molar refractivity (Wildman–Crippen MR) is 96.2 cm³/mol. The molecule has 0 saturated heterocycles. The molecule has 132 valence electrons. The van der Waals surface area contributed by atoms with Crippen LogP contribution in [0.4, 0.5) is 0 Å². The van der Waals surface area contributed by atoms with Gasteiger partial charge in [-0.2, -0.15) is 0 Å². The number of carbonyl (C=O) groups excluding carboxylic acids is 1. The monoisotopic (exact) mass is 312 g/mol. The van der Waals surface area contributed by atoms with Gasteiger partial charge in [-0.1, -0.05) is 97.3 Å². The summed E-state index contributed by atoms with van der Waals surface area (Å²) in [5.74, 6) is 0.0111. The normalized spacial score (nSPS) is 10.8. The molecule has 0 radical (unpaired) electrons. The standard InChI is InChI=1S/C20H40O2/c1-3-5-7-9-11-12-14-16-18-20(21)22-19-17-15-13-10-8-6-4-2/h3-19H2,1-2H3. The maximum Gasteiger partial charge on any atom is 0.305 e. The van der Waals surface area contributed by atoms with Gasteiger partial charge in [0.2, 0.25) is 0 Å². The number of esters is 1. The Kier molecular flexibility index (Phi) is 18.1. The lowest BCUT2D eigenvalue weighted by atomic mass is 10.1. The van der Waals surface area contributed by atoms with Crippen LogP contribution in [-0.2, 0) is 9.53 Å². The molecule has 22 heavy (non-hydrogen) atoms. The first-order valence-electron chi connectivity index (χ1n) is 9.96. The molecular weight excluding hydrogens is 272 g/mol. The van der Waals surface area contributed by atoms with Crippen LogP contribution in [-0.4, -0.2) is 12.6 Å². The zero-order chi connectivity index (χ0) is 16.3. The van der Waals surface area contributed by atoms with Crippen LogP contribution in [0.3, 0.4) is 0 Å². The van der Waals surface area contributed by atoms with Crippen molar-refractivity contribution in [3.05, 3.63) is 0 Å². The van der Waals surface area contributed by atoms with E-state index in [1.54, 1.807) is 0 Å². The second kappa shape index (κ2) is 18.5. The fourth-order valence-corrected chi connectivity index (χ4v) is 2.72. The van der Waals surface area contributed by atoms with E-state index < -0.39 is 0 Å². The van der Waals surface area contributed by atoms with Crippen molar-refractivity contribution < 1.29 is 9.53 Å². The molecular formula is C20H40O2. The minimum absolute atomic E-state index is 0.0111. The van der Waals surface area contributed by atoms with E-state index in [0.29, 0.717) is 13.0 Å². The summed E-state index contributed by atoms with van der Waals surface area (Å²) in [4.78, 5) is 11.6. The van der Waals surface area contributed by atoms with Gasteiger partial charge in [-0.3, -0.25) is 4.79 Å². The van der Waals surface area contributed by atoms with E-state index in [9.17, 15) is 4.79 Å².